The second-order valence-corrected chi connectivity index (χ2v) is 7.66. The molecule has 0 spiro atoms. The second-order valence-electron chi connectivity index (χ2n) is 7.66. The van der Waals surface area contributed by atoms with Gasteiger partial charge in [-0.2, -0.15) is 5.10 Å². The van der Waals surface area contributed by atoms with E-state index in [1.54, 1.807) is 23.6 Å². The molecule has 1 amide bonds. The zero-order chi connectivity index (χ0) is 21.8. The summed E-state index contributed by atoms with van der Waals surface area (Å²) in [5, 5.41) is 8.46. The van der Waals surface area contributed by atoms with Gasteiger partial charge in [0.15, 0.2) is 5.82 Å². The Morgan fingerprint density at radius 1 is 1.03 bits per heavy atom. The molecule has 8 nitrogen and oxygen atoms in total. The summed E-state index contributed by atoms with van der Waals surface area (Å²) in [6, 6.07) is 15.6. The van der Waals surface area contributed by atoms with Crippen LogP contribution in [0.1, 0.15) is 12.8 Å². The number of hydrogen-bond acceptors (Lipinski definition) is 5. The minimum absolute atomic E-state index is 0.0791. The van der Waals surface area contributed by atoms with Gasteiger partial charge >= 0.3 is 0 Å². The standard InChI is InChI=1S/C23H26N6O2/c1-27(2)22-23(31)28(20-11-6-4-9-18(20)26-22)15-12-21(30)24-13-7-14-29-19-10-5-3-8-17(19)16-25-29/h3-6,8-11,16H,7,12-15H2,1-2H3,(H,24,30). The highest BCUT2D eigenvalue weighted by Crippen LogP contribution is 2.14. The number of carbonyl (C=O) groups excluding carboxylic acids is 1. The maximum Gasteiger partial charge on any atom is 0.293 e. The van der Waals surface area contributed by atoms with Gasteiger partial charge in [-0.05, 0) is 24.6 Å². The van der Waals surface area contributed by atoms with Gasteiger partial charge in [0.25, 0.3) is 5.56 Å². The molecule has 2 aromatic carbocycles. The molecule has 0 aliphatic rings. The largest absolute Gasteiger partial charge is 0.358 e. The number of benzene rings is 2. The predicted octanol–water partition coefficient (Wildman–Crippen LogP) is 2.41. The average Bonchev–Trinajstić information content (AvgIpc) is 3.18. The van der Waals surface area contributed by atoms with Crippen LogP contribution in [0, 0.1) is 0 Å². The third-order valence-electron chi connectivity index (χ3n) is 5.24. The lowest BCUT2D eigenvalue weighted by Gasteiger charge is -2.16. The molecule has 4 aromatic rings. The molecule has 0 atom stereocenters. The second kappa shape index (κ2) is 8.99. The fourth-order valence-electron chi connectivity index (χ4n) is 3.65. The first-order valence-electron chi connectivity index (χ1n) is 10.4. The fraction of sp³-hybridized carbons (Fsp3) is 0.304. The summed E-state index contributed by atoms with van der Waals surface area (Å²) in [6.45, 7) is 1.59. The van der Waals surface area contributed by atoms with Crippen molar-refractivity contribution in [1.82, 2.24) is 24.6 Å². The van der Waals surface area contributed by atoms with Gasteiger partial charge in [-0.15, -0.1) is 0 Å². The van der Waals surface area contributed by atoms with Gasteiger partial charge in [-0.3, -0.25) is 14.3 Å². The quantitative estimate of drug-likeness (QED) is 0.444. The fourth-order valence-corrected chi connectivity index (χ4v) is 3.65. The third-order valence-corrected chi connectivity index (χ3v) is 5.24. The van der Waals surface area contributed by atoms with Crippen molar-refractivity contribution < 1.29 is 4.79 Å². The maximum atomic E-state index is 12.9. The van der Waals surface area contributed by atoms with Crippen molar-refractivity contribution in [2.45, 2.75) is 25.9 Å². The van der Waals surface area contributed by atoms with Gasteiger partial charge in [0.1, 0.15) is 0 Å². The monoisotopic (exact) mass is 418 g/mol. The van der Waals surface area contributed by atoms with E-state index in [2.05, 4.69) is 15.4 Å². The van der Waals surface area contributed by atoms with Crippen LogP contribution in [-0.2, 0) is 17.9 Å². The lowest BCUT2D eigenvalue weighted by molar-refractivity contribution is -0.121. The normalized spacial score (nSPS) is 11.2. The Labute approximate surface area is 180 Å². The number of aromatic nitrogens is 4. The Hall–Kier alpha value is -3.68. The van der Waals surface area contributed by atoms with Crippen LogP contribution < -0.4 is 15.8 Å². The van der Waals surface area contributed by atoms with Crippen molar-refractivity contribution in [3.63, 3.8) is 0 Å². The first-order valence-corrected chi connectivity index (χ1v) is 10.4. The number of rotatable bonds is 8. The van der Waals surface area contributed by atoms with Gasteiger partial charge in [-0.25, -0.2) is 4.98 Å². The number of hydrogen-bond donors (Lipinski definition) is 1. The number of para-hydroxylation sites is 3. The van der Waals surface area contributed by atoms with E-state index >= 15 is 0 Å². The summed E-state index contributed by atoms with van der Waals surface area (Å²) in [6.07, 6.45) is 2.86. The van der Waals surface area contributed by atoms with Crippen LogP contribution in [0.3, 0.4) is 0 Å². The Morgan fingerprint density at radius 2 is 1.77 bits per heavy atom. The van der Waals surface area contributed by atoms with Crippen molar-refractivity contribution in [2.75, 3.05) is 25.5 Å². The first-order chi connectivity index (χ1) is 15.0. The molecule has 1 N–H and O–H groups in total. The zero-order valence-electron chi connectivity index (χ0n) is 17.8. The molecule has 2 heterocycles. The highest BCUT2D eigenvalue weighted by Gasteiger charge is 2.13. The Balaban J connectivity index is 1.35. The van der Waals surface area contributed by atoms with Gasteiger partial charge in [0.2, 0.25) is 5.91 Å². The van der Waals surface area contributed by atoms with E-state index < -0.39 is 0 Å². The summed E-state index contributed by atoms with van der Waals surface area (Å²) >= 11 is 0. The number of anilines is 1. The summed E-state index contributed by atoms with van der Waals surface area (Å²) in [7, 11) is 3.58. The minimum atomic E-state index is -0.193. The SMILES string of the molecule is CN(C)c1nc2ccccc2n(CCC(=O)NCCCn2ncc3ccccc32)c1=O. The number of carbonyl (C=O) groups is 1. The molecule has 0 radical (unpaired) electrons. The van der Waals surface area contributed by atoms with Crippen molar-refractivity contribution in [3.05, 3.63) is 65.1 Å². The van der Waals surface area contributed by atoms with E-state index in [1.807, 2.05) is 59.4 Å². The van der Waals surface area contributed by atoms with Gasteiger partial charge in [-0.1, -0.05) is 30.3 Å². The molecule has 0 aliphatic carbocycles. The van der Waals surface area contributed by atoms with E-state index in [0.717, 1.165) is 34.9 Å². The number of aryl methyl sites for hydroxylation is 2. The van der Waals surface area contributed by atoms with Crippen LogP contribution in [0.2, 0.25) is 0 Å². The smallest absolute Gasteiger partial charge is 0.293 e. The highest BCUT2D eigenvalue weighted by molar-refractivity contribution is 5.79. The zero-order valence-corrected chi connectivity index (χ0v) is 17.8. The molecule has 8 heteroatoms. The number of nitrogens with one attached hydrogen (secondary N) is 1. The first kappa shape index (κ1) is 20.6. The van der Waals surface area contributed by atoms with Crippen LogP contribution in [0.25, 0.3) is 21.9 Å². The molecule has 31 heavy (non-hydrogen) atoms. The van der Waals surface area contributed by atoms with E-state index in [-0.39, 0.29) is 17.9 Å². The third kappa shape index (κ3) is 4.42. The average molecular weight is 419 g/mol. The van der Waals surface area contributed by atoms with Crippen LogP contribution in [0.15, 0.2) is 59.5 Å². The number of amides is 1. The predicted molar refractivity (Wildman–Crippen MR) is 122 cm³/mol. The van der Waals surface area contributed by atoms with Crippen molar-refractivity contribution in [2.24, 2.45) is 0 Å². The van der Waals surface area contributed by atoms with Crippen molar-refractivity contribution in [3.8, 4) is 0 Å². The lowest BCUT2D eigenvalue weighted by atomic mass is 10.2. The Morgan fingerprint density at radius 3 is 2.58 bits per heavy atom. The molecular weight excluding hydrogens is 392 g/mol. The molecule has 2 aromatic heterocycles. The van der Waals surface area contributed by atoms with Crippen LogP contribution in [-0.4, -0.2) is 45.9 Å². The highest BCUT2D eigenvalue weighted by atomic mass is 16.2. The molecule has 0 aliphatic heterocycles. The summed E-state index contributed by atoms with van der Waals surface area (Å²) in [5.74, 6) is 0.287. The molecule has 160 valence electrons. The van der Waals surface area contributed by atoms with E-state index in [1.165, 1.54) is 0 Å². The van der Waals surface area contributed by atoms with Crippen LogP contribution in [0.4, 0.5) is 5.82 Å². The minimum Gasteiger partial charge on any atom is -0.358 e. The van der Waals surface area contributed by atoms with Crippen molar-refractivity contribution in [1.29, 1.82) is 0 Å². The topological polar surface area (TPSA) is 85.1 Å². The molecule has 0 bridgehead atoms. The van der Waals surface area contributed by atoms with Gasteiger partial charge in [0, 0.05) is 45.5 Å². The molecular formula is C23H26N6O2. The lowest BCUT2D eigenvalue weighted by Crippen LogP contribution is -2.31. The summed E-state index contributed by atoms with van der Waals surface area (Å²) in [4.78, 5) is 31.4. The van der Waals surface area contributed by atoms with E-state index in [0.29, 0.717) is 18.9 Å². The number of fused-ring (bicyclic) bond motifs is 2. The molecule has 0 saturated heterocycles. The Kier molecular flexibility index (Phi) is 5.97. The van der Waals surface area contributed by atoms with Crippen LogP contribution >= 0.6 is 0 Å². The van der Waals surface area contributed by atoms with E-state index in [9.17, 15) is 9.59 Å². The molecule has 0 fully saturated rings. The Bertz CT molecular complexity index is 1270. The number of nitrogens with zero attached hydrogens (tertiary/aromatic N) is 5. The van der Waals surface area contributed by atoms with Gasteiger partial charge < -0.3 is 14.8 Å². The van der Waals surface area contributed by atoms with Gasteiger partial charge in [0.05, 0.1) is 22.7 Å². The summed E-state index contributed by atoms with van der Waals surface area (Å²) in [5.41, 5.74) is 2.37. The molecule has 0 unspecified atom stereocenters. The summed E-state index contributed by atoms with van der Waals surface area (Å²) < 4.78 is 3.58. The molecule has 4 rings (SSSR count). The van der Waals surface area contributed by atoms with Crippen molar-refractivity contribution >= 4 is 33.7 Å². The maximum absolute atomic E-state index is 12.9. The van der Waals surface area contributed by atoms with Crippen LogP contribution in [0.5, 0.6) is 0 Å². The molecule has 0 saturated carbocycles. The van der Waals surface area contributed by atoms with E-state index in [4.69, 9.17) is 0 Å².